The molecular weight excluding hydrogens is 418 g/mol. The van der Waals surface area contributed by atoms with Crippen LogP contribution >= 0.6 is 0 Å². The van der Waals surface area contributed by atoms with Gasteiger partial charge in [-0.3, -0.25) is 4.79 Å². The highest BCUT2D eigenvalue weighted by atomic mass is 19.4. The van der Waals surface area contributed by atoms with Gasteiger partial charge in [0.25, 0.3) is 11.7 Å². The van der Waals surface area contributed by atoms with Gasteiger partial charge in [-0.15, -0.1) is 5.10 Å². The molecule has 0 atom stereocenters. The summed E-state index contributed by atoms with van der Waals surface area (Å²) < 4.78 is 60.2. The van der Waals surface area contributed by atoms with E-state index in [-0.39, 0.29) is 11.4 Å². The molecule has 0 unspecified atom stereocenters. The summed E-state index contributed by atoms with van der Waals surface area (Å²) >= 11 is 0. The molecule has 1 N–H and O–H groups in total. The summed E-state index contributed by atoms with van der Waals surface area (Å²) in [5.74, 6) is -2.19. The summed E-state index contributed by atoms with van der Waals surface area (Å²) in [6.07, 6.45) is -4.80. The van der Waals surface area contributed by atoms with Gasteiger partial charge in [0.1, 0.15) is 11.6 Å². The molecular formula is C20H13F4N5O2. The first-order chi connectivity index (χ1) is 14.8. The van der Waals surface area contributed by atoms with Crippen molar-refractivity contribution in [2.75, 3.05) is 12.4 Å². The molecule has 0 saturated heterocycles. The van der Waals surface area contributed by atoms with E-state index in [0.717, 1.165) is 12.1 Å². The standard InChI is InChI=1S/C20H13F4N5O2/c1-31-12-8-6-11(7-9-12)15-10-16(20(22,23)24)29-19(26-15)27-17(28-29)18(30)25-14-5-3-2-4-13(14)21/h2-10H,1H3,(H,25,30). The predicted octanol–water partition coefficient (Wildman–Crippen LogP) is 4.21. The number of alkyl halides is 3. The van der Waals surface area contributed by atoms with E-state index in [2.05, 4.69) is 20.4 Å². The maximum atomic E-state index is 13.8. The van der Waals surface area contributed by atoms with Gasteiger partial charge in [-0.1, -0.05) is 12.1 Å². The molecule has 2 aromatic carbocycles. The molecule has 0 aliphatic rings. The fourth-order valence-electron chi connectivity index (χ4n) is 2.82. The molecule has 0 aliphatic heterocycles. The number of hydrogen-bond donors (Lipinski definition) is 1. The predicted molar refractivity (Wildman–Crippen MR) is 102 cm³/mol. The van der Waals surface area contributed by atoms with Crippen LogP contribution in [-0.4, -0.2) is 32.6 Å². The Hall–Kier alpha value is -4.02. The van der Waals surface area contributed by atoms with Crippen molar-refractivity contribution in [3.8, 4) is 17.0 Å². The number of benzene rings is 2. The second-order valence-electron chi connectivity index (χ2n) is 6.33. The van der Waals surface area contributed by atoms with Crippen molar-refractivity contribution in [1.82, 2.24) is 19.6 Å². The Morgan fingerprint density at radius 1 is 1.06 bits per heavy atom. The number of fused-ring (bicyclic) bond motifs is 1. The number of hydrogen-bond acceptors (Lipinski definition) is 5. The Morgan fingerprint density at radius 3 is 2.42 bits per heavy atom. The number of carbonyl (C=O) groups is 1. The molecule has 2 heterocycles. The van der Waals surface area contributed by atoms with Gasteiger partial charge in [-0.2, -0.15) is 22.7 Å². The van der Waals surface area contributed by atoms with Crippen LogP contribution in [0.25, 0.3) is 17.0 Å². The van der Waals surface area contributed by atoms with Crippen LogP contribution in [0.5, 0.6) is 5.75 Å². The quantitative estimate of drug-likeness (QED) is 0.490. The number of carbonyl (C=O) groups excluding carboxylic acids is 1. The van der Waals surface area contributed by atoms with E-state index in [1.54, 1.807) is 24.3 Å². The number of nitrogens with one attached hydrogen (secondary N) is 1. The summed E-state index contributed by atoms with van der Waals surface area (Å²) in [6, 6.07) is 12.4. The molecule has 4 aromatic rings. The summed E-state index contributed by atoms with van der Waals surface area (Å²) in [5.41, 5.74) is -0.958. The number of ether oxygens (including phenoxy) is 1. The topological polar surface area (TPSA) is 81.4 Å². The van der Waals surface area contributed by atoms with Gasteiger partial charge in [0.2, 0.25) is 5.82 Å². The molecule has 7 nitrogen and oxygen atoms in total. The summed E-state index contributed by atoms with van der Waals surface area (Å²) in [6.45, 7) is 0. The van der Waals surface area contributed by atoms with Gasteiger partial charge in [0.15, 0.2) is 5.69 Å². The van der Waals surface area contributed by atoms with Crippen LogP contribution in [0.15, 0.2) is 54.6 Å². The zero-order valence-electron chi connectivity index (χ0n) is 15.8. The van der Waals surface area contributed by atoms with E-state index in [1.807, 2.05) is 0 Å². The van der Waals surface area contributed by atoms with Crippen LogP contribution < -0.4 is 10.1 Å². The van der Waals surface area contributed by atoms with E-state index < -0.39 is 35.2 Å². The fraction of sp³-hybridized carbons (Fsp3) is 0.100. The maximum absolute atomic E-state index is 13.8. The lowest BCUT2D eigenvalue weighted by molar-refractivity contribution is -0.142. The fourth-order valence-corrected chi connectivity index (χ4v) is 2.82. The third-order valence-electron chi connectivity index (χ3n) is 4.31. The van der Waals surface area contributed by atoms with Crippen LogP contribution in [0, 0.1) is 5.82 Å². The van der Waals surface area contributed by atoms with E-state index in [1.165, 1.54) is 25.3 Å². The first-order valence-electron chi connectivity index (χ1n) is 8.81. The third-order valence-corrected chi connectivity index (χ3v) is 4.31. The Balaban J connectivity index is 1.78. The van der Waals surface area contributed by atoms with E-state index >= 15 is 0 Å². The molecule has 158 valence electrons. The largest absolute Gasteiger partial charge is 0.497 e. The normalized spacial score (nSPS) is 11.5. The van der Waals surface area contributed by atoms with Crippen LogP contribution in [0.3, 0.4) is 0 Å². The summed E-state index contributed by atoms with van der Waals surface area (Å²) in [4.78, 5) is 20.3. The molecule has 0 spiro atoms. The summed E-state index contributed by atoms with van der Waals surface area (Å²) in [5, 5.41) is 5.87. The highest BCUT2D eigenvalue weighted by Gasteiger charge is 2.36. The van der Waals surface area contributed by atoms with Crippen LogP contribution in [0.1, 0.15) is 16.3 Å². The minimum absolute atomic E-state index is 0.0176. The van der Waals surface area contributed by atoms with Crippen LogP contribution in [0.4, 0.5) is 23.2 Å². The maximum Gasteiger partial charge on any atom is 0.433 e. The highest BCUT2D eigenvalue weighted by Crippen LogP contribution is 2.32. The number of halogens is 4. The lowest BCUT2D eigenvalue weighted by Crippen LogP contribution is -2.16. The van der Waals surface area contributed by atoms with Gasteiger partial charge in [-0.05, 0) is 42.5 Å². The van der Waals surface area contributed by atoms with Gasteiger partial charge in [-0.25, -0.2) is 9.37 Å². The molecule has 0 aliphatic carbocycles. The van der Waals surface area contributed by atoms with Crippen molar-refractivity contribution in [2.24, 2.45) is 0 Å². The Labute approximate surface area is 172 Å². The number of para-hydroxylation sites is 1. The highest BCUT2D eigenvalue weighted by molar-refractivity contribution is 6.01. The molecule has 11 heteroatoms. The lowest BCUT2D eigenvalue weighted by Gasteiger charge is -2.10. The Kier molecular flexibility index (Phi) is 5.01. The average Bonchev–Trinajstić information content (AvgIpc) is 3.18. The Morgan fingerprint density at radius 2 is 1.77 bits per heavy atom. The van der Waals surface area contributed by atoms with E-state index in [0.29, 0.717) is 15.8 Å². The molecule has 1 amide bonds. The zero-order chi connectivity index (χ0) is 22.2. The van der Waals surface area contributed by atoms with Crippen molar-refractivity contribution in [3.63, 3.8) is 0 Å². The van der Waals surface area contributed by atoms with Crippen molar-refractivity contribution in [2.45, 2.75) is 6.18 Å². The molecule has 0 bridgehead atoms. The summed E-state index contributed by atoms with van der Waals surface area (Å²) in [7, 11) is 1.46. The molecule has 4 rings (SSSR count). The monoisotopic (exact) mass is 431 g/mol. The van der Waals surface area contributed by atoms with Crippen molar-refractivity contribution in [1.29, 1.82) is 0 Å². The molecule has 31 heavy (non-hydrogen) atoms. The van der Waals surface area contributed by atoms with Gasteiger partial charge >= 0.3 is 6.18 Å². The second kappa shape index (κ2) is 7.67. The zero-order valence-corrected chi connectivity index (χ0v) is 15.8. The first kappa shape index (κ1) is 20.3. The number of rotatable bonds is 4. The minimum Gasteiger partial charge on any atom is -0.497 e. The molecule has 0 saturated carbocycles. The smallest absolute Gasteiger partial charge is 0.433 e. The third kappa shape index (κ3) is 4.02. The number of amides is 1. The van der Waals surface area contributed by atoms with Crippen molar-refractivity contribution >= 4 is 17.4 Å². The number of anilines is 1. The average molecular weight is 431 g/mol. The van der Waals surface area contributed by atoms with Gasteiger partial charge < -0.3 is 10.1 Å². The molecule has 0 fully saturated rings. The van der Waals surface area contributed by atoms with E-state index in [4.69, 9.17) is 4.74 Å². The van der Waals surface area contributed by atoms with Crippen LogP contribution in [-0.2, 0) is 6.18 Å². The van der Waals surface area contributed by atoms with Crippen LogP contribution in [0.2, 0.25) is 0 Å². The number of aromatic nitrogens is 4. The minimum atomic E-state index is -4.80. The second-order valence-corrected chi connectivity index (χ2v) is 6.33. The van der Waals surface area contributed by atoms with Gasteiger partial charge in [0.05, 0.1) is 18.5 Å². The first-order valence-corrected chi connectivity index (χ1v) is 8.81. The van der Waals surface area contributed by atoms with E-state index in [9.17, 15) is 22.4 Å². The van der Waals surface area contributed by atoms with Gasteiger partial charge in [0, 0.05) is 5.56 Å². The number of methoxy groups -OCH3 is 1. The molecule has 0 radical (unpaired) electrons. The number of nitrogens with zero attached hydrogens (tertiary/aromatic N) is 4. The SMILES string of the molecule is COc1ccc(-c2cc(C(F)(F)F)n3nc(C(=O)Nc4ccccc4F)nc3n2)cc1. The Bertz CT molecular complexity index is 1270. The molecule has 2 aromatic heterocycles. The van der Waals surface area contributed by atoms with Crippen molar-refractivity contribution in [3.05, 3.63) is 71.9 Å². The lowest BCUT2D eigenvalue weighted by atomic mass is 10.1. The van der Waals surface area contributed by atoms with Crippen molar-refractivity contribution < 1.29 is 27.1 Å².